The van der Waals surface area contributed by atoms with Gasteiger partial charge in [0.25, 0.3) is 0 Å². The van der Waals surface area contributed by atoms with Crippen LogP contribution in [0.3, 0.4) is 0 Å². The zero-order valence-electron chi connectivity index (χ0n) is 15.1. The Hall–Kier alpha value is -2.12. The second-order valence-electron chi connectivity index (χ2n) is 6.82. The fourth-order valence-corrected chi connectivity index (χ4v) is 3.93. The van der Waals surface area contributed by atoms with Crippen molar-refractivity contribution in [2.75, 3.05) is 7.11 Å². The van der Waals surface area contributed by atoms with Gasteiger partial charge >= 0.3 is 6.18 Å². The van der Waals surface area contributed by atoms with Crippen LogP contribution in [0.25, 0.3) is 0 Å². The minimum atomic E-state index is -4.94. The van der Waals surface area contributed by atoms with Crippen LogP contribution in [-0.2, 0) is 10.0 Å². The number of carbonyl (C=O) groups is 1. The van der Waals surface area contributed by atoms with Crippen molar-refractivity contribution in [2.45, 2.75) is 31.4 Å². The van der Waals surface area contributed by atoms with Crippen LogP contribution in [0.4, 0.5) is 13.2 Å². The van der Waals surface area contributed by atoms with E-state index in [0.29, 0.717) is 5.75 Å². The van der Waals surface area contributed by atoms with Gasteiger partial charge in [-0.3, -0.25) is 4.79 Å². The Kier molecular flexibility index (Phi) is 5.63. The highest BCUT2D eigenvalue weighted by Crippen LogP contribution is 2.46. The second kappa shape index (κ2) is 7.24. The van der Waals surface area contributed by atoms with Crippen LogP contribution >= 0.6 is 0 Å². The van der Waals surface area contributed by atoms with Crippen LogP contribution in [-0.4, -0.2) is 27.4 Å². The minimum Gasteiger partial charge on any atom is -0.497 e. The maximum Gasteiger partial charge on any atom is 0.428 e. The monoisotopic (exact) mass is 382 g/mol. The second-order valence-corrected chi connectivity index (χ2v) is 11.2. The quantitative estimate of drug-likeness (QED) is 0.510. The molecule has 1 atom stereocenters. The summed E-state index contributed by atoms with van der Waals surface area (Å²) in [5.74, 6) is -0.856. The molecule has 3 nitrogen and oxygen atoms in total. The Bertz CT molecular complexity index is 770. The average molecular weight is 382 g/mol. The standard InChI is InChI=1S/C19H21F3O3Si/c1-24-16-12-8-9-14(13-16)17(23)18(19(20,21)22,25-26(2,3)4)15-10-6-5-7-11-15/h5-13H,1-4H3. The Morgan fingerprint density at radius 3 is 2.08 bits per heavy atom. The highest BCUT2D eigenvalue weighted by Gasteiger charge is 2.64. The maximum absolute atomic E-state index is 14.4. The highest BCUT2D eigenvalue weighted by atomic mass is 28.4. The first kappa shape index (κ1) is 20.2. The Morgan fingerprint density at radius 2 is 1.58 bits per heavy atom. The lowest BCUT2D eigenvalue weighted by molar-refractivity contribution is -0.235. The van der Waals surface area contributed by atoms with Crippen LogP contribution < -0.4 is 4.74 Å². The van der Waals surface area contributed by atoms with E-state index in [9.17, 15) is 18.0 Å². The van der Waals surface area contributed by atoms with E-state index in [2.05, 4.69) is 0 Å². The summed E-state index contributed by atoms with van der Waals surface area (Å²) in [6.07, 6.45) is -4.94. The average Bonchev–Trinajstić information content (AvgIpc) is 2.58. The third-order valence-corrected chi connectivity index (χ3v) is 4.61. The highest BCUT2D eigenvalue weighted by molar-refractivity contribution is 6.70. The van der Waals surface area contributed by atoms with Crippen molar-refractivity contribution < 1.29 is 27.1 Å². The number of hydrogen-bond acceptors (Lipinski definition) is 3. The number of carbonyl (C=O) groups excluding carboxylic acids is 1. The molecule has 2 aromatic carbocycles. The van der Waals surface area contributed by atoms with E-state index in [-0.39, 0.29) is 11.1 Å². The van der Waals surface area contributed by atoms with Crippen molar-refractivity contribution in [2.24, 2.45) is 0 Å². The number of ketones is 1. The van der Waals surface area contributed by atoms with Gasteiger partial charge in [-0.15, -0.1) is 0 Å². The lowest BCUT2D eigenvalue weighted by Crippen LogP contribution is -2.56. The fourth-order valence-electron chi connectivity index (χ4n) is 2.69. The van der Waals surface area contributed by atoms with Gasteiger partial charge in [-0.25, -0.2) is 0 Å². The van der Waals surface area contributed by atoms with Crippen molar-refractivity contribution in [1.29, 1.82) is 0 Å². The molecule has 26 heavy (non-hydrogen) atoms. The zero-order chi connectivity index (χ0) is 19.6. The number of ether oxygens (including phenoxy) is 1. The molecule has 0 heterocycles. The molecule has 0 fully saturated rings. The van der Waals surface area contributed by atoms with Gasteiger partial charge < -0.3 is 9.16 Å². The molecule has 0 aliphatic heterocycles. The smallest absolute Gasteiger partial charge is 0.428 e. The summed E-state index contributed by atoms with van der Waals surface area (Å²) in [4.78, 5) is 13.2. The van der Waals surface area contributed by atoms with Gasteiger partial charge in [-0.05, 0) is 37.3 Å². The molecule has 0 amide bonds. The third kappa shape index (κ3) is 3.99. The van der Waals surface area contributed by atoms with Crippen LogP contribution in [0.1, 0.15) is 15.9 Å². The number of methoxy groups -OCH3 is 1. The summed E-state index contributed by atoms with van der Waals surface area (Å²) in [6, 6.07) is 12.7. The van der Waals surface area contributed by atoms with Crippen LogP contribution in [0.5, 0.6) is 5.75 Å². The van der Waals surface area contributed by atoms with E-state index in [1.54, 1.807) is 31.8 Å². The molecule has 0 saturated carbocycles. The summed E-state index contributed by atoms with van der Waals surface area (Å²) in [6.45, 7) is 4.86. The summed E-state index contributed by atoms with van der Waals surface area (Å²) < 4.78 is 53.7. The lowest BCUT2D eigenvalue weighted by atomic mass is 9.85. The molecule has 0 spiro atoms. The van der Waals surface area contributed by atoms with Crippen molar-refractivity contribution in [3.05, 3.63) is 65.7 Å². The Labute approximate surface area is 151 Å². The SMILES string of the molecule is COc1cccc(C(=O)C(O[Si](C)(C)C)(c2ccccc2)C(F)(F)F)c1. The predicted octanol–water partition coefficient (Wildman–Crippen LogP) is 5.19. The predicted molar refractivity (Wildman–Crippen MR) is 95.9 cm³/mol. The van der Waals surface area contributed by atoms with Crippen LogP contribution in [0, 0.1) is 0 Å². The van der Waals surface area contributed by atoms with Crippen molar-refractivity contribution in [3.63, 3.8) is 0 Å². The first-order valence-electron chi connectivity index (χ1n) is 8.02. The largest absolute Gasteiger partial charge is 0.497 e. The fraction of sp³-hybridized carbons (Fsp3) is 0.316. The van der Waals surface area contributed by atoms with Crippen molar-refractivity contribution >= 4 is 14.1 Å². The van der Waals surface area contributed by atoms with E-state index in [0.717, 1.165) is 0 Å². The number of rotatable bonds is 6. The Morgan fingerprint density at radius 1 is 0.962 bits per heavy atom. The molecule has 0 saturated heterocycles. The third-order valence-electron chi connectivity index (χ3n) is 3.69. The molecule has 1 unspecified atom stereocenters. The van der Waals surface area contributed by atoms with Gasteiger partial charge in [0, 0.05) is 5.56 Å². The molecular formula is C19H21F3O3Si. The first-order valence-corrected chi connectivity index (χ1v) is 11.4. The summed E-state index contributed by atoms with van der Waals surface area (Å²) in [7, 11) is -1.39. The van der Waals surface area contributed by atoms with Gasteiger partial charge in [0.2, 0.25) is 11.4 Å². The number of alkyl halides is 3. The van der Waals surface area contributed by atoms with Gasteiger partial charge in [0.15, 0.2) is 8.32 Å². The van der Waals surface area contributed by atoms with Gasteiger partial charge in [0.05, 0.1) is 7.11 Å². The summed E-state index contributed by atoms with van der Waals surface area (Å²) in [5.41, 5.74) is -3.42. The molecule has 0 N–H and O–H groups in total. The van der Waals surface area contributed by atoms with E-state index in [1.807, 2.05) is 0 Å². The molecule has 0 aromatic heterocycles. The summed E-state index contributed by atoms with van der Waals surface area (Å²) in [5, 5.41) is 0. The first-order chi connectivity index (χ1) is 12.0. The number of halogens is 3. The van der Waals surface area contributed by atoms with Crippen molar-refractivity contribution in [3.8, 4) is 5.75 Å². The van der Waals surface area contributed by atoms with Crippen LogP contribution in [0.2, 0.25) is 19.6 Å². The molecular weight excluding hydrogens is 361 g/mol. The Balaban J connectivity index is 2.74. The van der Waals surface area contributed by atoms with Crippen LogP contribution in [0.15, 0.2) is 54.6 Å². The topological polar surface area (TPSA) is 35.5 Å². The van der Waals surface area contributed by atoms with Crippen molar-refractivity contribution in [1.82, 2.24) is 0 Å². The van der Waals surface area contributed by atoms with E-state index < -0.39 is 25.9 Å². The molecule has 0 aliphatic rings. The van der Waals surface area contributed by atoms with Gasteiger partial charge in [0.1, 0.15) is 5.75 Å². The number of benzene rings is 2. The minimum absolute atomic E-state index is 0.122. The molecule has 140 valence electrons. The number of Topliss-reactive ketones (excluding diaryl/α,β-unsaturated/α-hetero) is 1. The summed E-state index contributed by atoms with van der Waals surface area (Å²) >= 11 is 0. The van der Waals surface area contributed by atoms with E-state index >= 15 is 0 Å². The zero-order valence-corrected chi connectivity index (χ0v) is 16.1. The van der Waals surface area contributed by atoms with E-state index in [4.69, 9.17) is 9.16 Å². The number of hydrogen-bond donors (Lipinski definition) is 0. The molecule has 2 aromatic rings. The van der Waals surface area contributed by atoms with Gasteiger partial charge in [-0.2, -0.15) is 13.2 Å². The molecule has 2 rings (SSSR count). The van der Waals surface area contributed by atoms with E-state index in [1.165, 1.54) is 49.6 Å². The molecule has 0 bridgehead atoms. The van der Waals surface area contributed by atoms with Gasteiger partial charge in [-0.1, -0.05) is 42.5 Å². The lowest BCUT2D eigenvalue weighted by Gasteiger charge is -2.39. The molecule has 0 radical (unpaired) electrons. The molecule has 0 aliphatic carbocycles. The molecule has 7 heteroatoms. The normalized spacial score (nSPS) is 14.6. The maximum atomic E-state index is 14.4.